The molecule has 4 heteroatoms. The molecule has 0 saturated carbocycles. The molecule has 0 aliphatic heterocycles. The molecule has 230 valence electrons. The van der Waals surface area contributed by atoms with Crippen molar-refractivity contribution in [3.8, 4) is 67.5 Å². The summed E-state index contributed by atoms with van der Waals surface area (Å²) in [5, 5.41) is 2.48. The third-order valence-electron chi connectivity index (χ3n) is 8.98. The second-order valence-corrected chi connectivity index (χ2v) is 13.1. The highest BCUT2D eigenvalue weighted by Gasteiger charge is 2.16. The van der Waals surface area contributed by atoms with Crippen LogP contribution in [-0.4, -0.2) is 15.0 Å². The Bertz CT molecular complexity index is 2570. The van der Waals surface area contributed by atoms with Gasteiger partial charge >= 0.3 is 0 Å². The quantitative estimate of drug-likeness (QED) is 0.181. The fourth-order valence-corrected chi connectivity index (χ4v) is 7.65. The first kappa shape index (κ1) is 29.0. The van der Waals surface area contributed by atoms with E-state index in [9.17, 15) is 0 Å². The number of fused-ring (bicyclic) bond motifs is 3. The molecule has 9 rings (SSSR count). The van der Waals surface area contributed by atoms with Crippen LogP contribution < -0.4 is 0 Å². The molecule has 2 heterocycles. The maximum atomic E-state index is 5.08. The fraction of sp³-hybridized carbons (Fsp3) is 0. The van der Waals surface area contributed by atoms with Crippen LogP contribution in [0.15, 0.2) is 176 Å². The molecule has 49 heavy (non-hydrogen) atoms. The summed E-state index contributed by atoms with van der Waals surface area (Å²) in [4.78, 5) is 15.1. The summed E-state index contributed by atoms with van der Waals surface area (Å²) in [6.45, 7) is 0. The number of benzene rings is 7. The minimum Gasteiger partial charge on any atom is -0.208 e. The summed E-state index contributed by atoms with van der Waals surface area (Å²) >= 11 is 1.78. The summed E-state index contributed by atoms with van der Waals surface area (Å²) in [6, 6.07) is 61.7. The van der Waals surface area contributed by atoms with Gasteiger partial charge in [0.25, 0.3) is 0 Å². The molecule has 7 aromatic carbocycles. The molecule has 0 unspecified atom stereocenters. The first-order valence-corrected chi connectivity index (χ1v) is 17.2. The van der Waals surface area contributed by atoms with Crippen LogP contribution in [0.2, 0.25) is 0 Å². The molecule has 3 nitrogen and oxygen atoms in total. The van der Waals surface area contributed by atoms with Gasteiger partial charge in [0, 0.05) is 36.9 Å². The molecule has 0 aliphatic rings. The number of rotatable bonds is 6. The first-order valence-electron chi connectivity index (χ1n) is 16.4. The van der Waals surface area contributed by atoms with Gasteiger partial charge in [0.1, 0.15) is 0 Å². The highest BCUT2D eigenvalue weighted by molar-refractivity contribution is 7.26. The zero-order valence-corrected chi connectivity index (χ0v) is 27.3. The third-order valence-corrected chi connectivity index (χ3v) is 10.2. The second kappa shape index (κ2) is 12.4. The second-order valence-electron chi connectivity index (χ2n) is 12.1. The lowest BCUT2D eigenvalue weighted by Gasteiger charge is -2.10. The number of nitrogens with zero attached hydrogens (tertiary/aromatic N) is 3. The Morgan fingerprint density at radius 1 is 0.306 bits per heavy atom. The normalized spacial score (nSPS) is 11.3. The SMILES string of the molecule is c1ccc(-c2cccc(-c3ccc(-c4ccc(-c5nc(-c6ccccc6)nc(-c6cccc7c6sc6ccccc67)n5)cc4)cc3)c2)cc1. The fourth-order valence-electron chi connectivity index (χ4n) is 6.44. The van der Waals surface area contributed by atoms with Crippen molar-refractivity contribution < 1.29 is 0 Å². The number of hydrogen-bond acceptors (Lipinski definition) is 4. The lowest BCUT2D eigenvalue weighted by Crippen LogP contribution is -2.00. The zero-order chi connectivity index (χ0) is 32.6. The van der Waals surface area contributed by atoms with E-state index in [0.717, 1.165) is 27.8 Å². The van der Waals surface area contributed by atoms with E-state index in [2.05, 4.69) is 146 Å². The number of aromatic nitrogens is 3. The van der Waals surface area contributed by atoms with Gasteiger partial charge < -0.3 is 0 Å². The van der Waals surface area contributed by atoms with Crippen LogP contribution in [0.4, 0.5) is 0 Å². The van der Waals surface area contributed by atoms with Gasteiger partial charge in [0.2, 0.25) is 0 Å². The summed E-state index contributed by atoms with van der Waals surface area (Å²) in [6.07, 6.45) is 0. The van der Waals surface area contributed by atoms with Gasteiger partial charge in [-0.1, -0.05) is 158 Å². The molecule has 2 aromatic heterocycles. The highest BCUT2D eigenvalue weighted by atomic mass is 32.1. The average Bonchev–Trinajstić information content (AvgIpc) is 3.58. The molecular formula is C45H29N3S. The van der Waals surface area contributed by atoms with Crippen molar-refractivity contribution >= 4 is 31.5 Å². The Hall–Kier alpha value is -6.23. The molecule has 0 saturated heterocycles. The van der Waals surface area contributed by atoms with Gasteiger partial charge in [0.05, 0.1) is 0 Å². The zero-order valence-electron chi connectivity index (χ0n) is 26.5. The Balaban J connectivity index is 1.06. The van der Waals surface area contributed by atoms with Crippen molar-refractivity contribution in [2.24, 2.45) is 0 Å². The molecule has 0 spiro atoms. The standard InChI is InChI=1S/C45H29N3S/c1-3-11-30(12-4-1)36-15-9-16-37(29-36)33-23-21-31(22-24-33)32-25-27-35(28-26-32)44-46-43(34-13-5-2-6-14-34)47-45(48-44)40-19-10-18-39-38-17-7-8-20-41(38)49-42(39)40/h1-29H. The minimum absolute atomic E-state index is 0.655. The van der Waals surface area contributed by atoms with Gasteiger partial charge in [0.15, 0.2) is 17.5 Å². The molecule has 0 atom stereocenters. The van der Waals surface area contributed by atoms with E-state index in [1.165, 1.54) is 42.4 Å². The van der Waals surface area contributed by atoms with Gasteiger partial charge in [-0.2, -0.15) is 0 Å². The van der Waals surface area contributed by atoms with Crippen molar-refractivity contribution in [2.75, 3.05) is 0 Å². The minimum atomic E-state index is 0.655. The number of thiophene rings is 1. The molecule has 0 aliphatic carbocycles. The summed E-state index contributed by atoms with van der Waals surface area (Å²) in [5.74, 6) is 1.99. The Kier molecular flexibility index (Phi) is 7.34. The van der Waals surface area contributed by atoms with Crippen LogP contribution in [0.3, 0.4) is 0 Å². The van der Waals surface area contributed by atoms with Crippen molar-refractivity contribution in [3.63, 3.8) is 0 Å². The Morgan fingerprint density at radius 2 is 0.735 bits per heavy atom. The largest absolute Gasteiger partial charge is 0.208 e. The topological polar surface area (TPSA) is 38.7 Å². The predicted octanol–water partition coefficient (Wildman–Crippen LogP) is 12.2. The van der Waals surface area contributed by atoms with E-state index in [0.29, 0.717) is 17.5 Å². The van der Waals surface area contributed by atoms with Crippen LogP contribution >= 0.6 is 11.3 Å². The van der Waals surface area contributed by atoms with Gasteiger partial charge in [-0.25, -0.2) is 15.0 Å². The van der Waals surface area contributed by atoms with Crippen molar-refractivity contribution in [2.45, 2.75) is 0 Å². The predicted molar refractivity (Wildman–Crippen MR) is 205 cm³/mol. The monoisotopic (exact) mass is 643 g/mol. The summed E-state index contributed by atoms with van der Waals surface area (Å²) in [5.41, 5.74) is 10.1. The van der Waals surface area contributed by atoms with Crippen molar-refractivity contribution in [3.05, 3.63) is 176 Å². The maximum absolute atomic E-state index is 5.08. The number of hydrogen-bond donors (Lipinski definition) is 0. The molecule has 0 amide bonds. The average molecular weight is 644 g/mol. The van der Waals surface area contributed by atoms with Gasteiger partial charge in [-0.05, 0) is 51.6 Å². The lowest BCUT2D eigenvalue weighted by molar-refractivity contribution is 1.08. The Labute approximate surface area is 288 Å². The molecule has 9 aromatic rings. The summed E-state index contributed by atoms with van der Waals surface area (Å²) < 4.78 is 2.44. The van der Waals surface area contributed by atoms with Crippen LogP contribution in [-0.2, 0) is 0 Å². The van der Waals surface area contributed by atoms with Crippen LogP contribution in [0.25, 0.3) is 87.7 Å². The first-order chi connectivity index (χ1) is 24.3. The van der Waals surface area contributed by atoms with E-state index in [1.54, 1.807) is 11.3 Å². The van der Waals surface area contributed by atoms with Crippen molar-refractivity contribution in [1.29, 1.82) is 0 Å². The molecule has 0 radical (unpaired) electrons. The molecule has 0 bridgehead atoms. The lowest BCUT2D eigenvalue weighted by atomic mass is 9.97. The van der Waals surface area contributed by atoms with Crippen molar-refractivity contribution in [1.82, 2.24) is 15.0 Å². The van der Waals surface area contributed by atoms with E-state index in [1.807, 2.05) is 30.3 Å². The van der Waals surface area contributed by atoms with Crippen LogP contribution in [0, 0.1) is 0 Å². The summed E-state index contributed by atoms with van der Waals surface area (Å²) in [7, 11) is 0. The van der Waals surface area contributed by atoms with Gasteiger partial charge in [-0.15, -0.1) is 11.3 Å². The highest BCUT2D eigenvalue weighted by Crippen LogP contribution is 2.39. The van der Waals surface area contributed by atoms with E-state index >= 15 is 0 Å². The smallest absolute Gasteiger partial charge is 0.165 e. The Morgan fingerprint density at radius 3 is 1.39 bits per heavy atom. The van der Waals surface area contributed by atoms with E-state index in [-0.39, 0.29) is 0 Å². The maximum Gasteiger partial charge on any atom is 0.165 e. The molecular weight excluding hydrogens is 615 g/mol. The van der Waals surface area contributed by atoms with Gasteiger partial charge in [-0.3, -0.25) is 0 Å². The molecule has 0 fully saturated rings. The molecule has 0 N–H and O–H groups in total. The van der Waals surface area contributed by atoms with Crippen LogP contribution in [0.5, 0.6) is 0 Å². The van der Waals surface area contributed by atoms with E-state index in [4.69, 9.17) is 15.0 Å². The third kappa shape index (κ3) is 5.58. The van der Waals surface area contributed by atoms with Crippen LogP contribution in [0.1, 0.15) is 0 Å². The van der Waals surface area contributed by atoms with E-state index < -0.39 is 0 Å².